The van der Waals surface area contributed by atoms with E-state index in [0.29, 0.717) is 6.04 Å². The molecule has 1 aromatic carbocycles. The fourth-order valence-corrected chi connectivity index (χ4v) is 3.16. The minimum atomic E-state index is 0.395. The first kappa shape index (κ1) is 16.2. The van der Waals surface area contributed by atoms with Crippen molar-refractivity contribution < 1.29 is 0 Å². The van der Waals surface area contributed by atoms with E-state index in [-0.39, 0.29) is 0 Å². The Bertz CT molecular complexity index is 530. The number of rotatable bonds is 8. The maximum Gasteiger partial charge on any atom is 0.0940 e. The standard InChI is InChI=1S/C18H26N2S/c1-4-5-6-16-7-9-17(10-8-16)15(3)19-12-11-18-20-14(2)13-21-18/h7-10,13,15,19H,4-6,11-12H2,1-3H3. The molecule has 2 rings (SSSR count). The number of nitrogens with one attached hydrogen (secondary N) is 1. The fraction of sp³-hybridized carbons (Fsp3) is 0.500. The van der Waals surface area contributed by atoms with Crippen LogP contribution in [-0.2, 0) is 12.8 Å². The van der Waals surface area contributed by atoms with E-state index in [1.165, 1.54) is 35.4 Å². The van der Waals surface area contributed by atoms with Crippen molar-refractivity contribution in [2.75, 3.05) is 6.54 Å². The van der Waals surface area contributed by atoms with Gasteiger partial charge >= 0.3 is 0 Å². The van der Waals surface area contributed by atoms with Crippen molar-refractivity contribution >= 4 is 11.3 Å². The molecule has 1 atom stereocenters. The van der Waals surface area contributed by atoms with Gasteiger partial charge < -0.3 is 5.32 Å². The van der Waals surface area contributed by atoms with Crippen molar-refractivity contribution in [1.82, 2.24) is 10.3 Å². The van der Waals surface area contributed by atoms with Crippen LogP contribution in [0.3, 0.4) is 0 Å². The van der Waals surface area contributed by atoms with Crippen LogP contribution in [0.25, 0.3) is 0 Å². The lowest BCUT2D eigenvalue weighted by Crippen LogP contribution is -2.21. The number of thiazole rings is 1. The molecule has 0 bridgehead atoms. The van der Waals surface area contributed by atoms with Crippen molar-refractivity contribution in [2.24, 2.45) is 0 Å². The van der Waals surface area contributed by atoms with E-state index < -0.39 is 0 Å². The van der Waals surface area contributed by atoms with Crippen LogP contribution in [0.15, 0.2) is 29.6 Å². The number of hydrogen-bond donors (Lipinski definition) is 1. The molecule has 114 valence electrons. The SMILES string of the molecule is CCCCc1ccc(C(C)NCCc2nc(C)cs2)cc1. The van der Waals surface area contributed by atoms with Crippen molar-refractivity contribution in [3.8, 4) is 0 Å². The number of aryl methyl sites for hydroxylation is 2. The highest BCUT2D eigenvalue weighted by Gasteiger charge is 2.05. The predicted molar refractivity (Wildman–Crippen MR) is 92.0 cm³/mol. The van der Waals surface area contributed by atoms with Gasteiger partial charge in [-0.2, -0.15) is 0 Å². The van der Waals surface area contributed by atoms with Gasteiger partial charge in [0.15, 0.2) is 0 Å². The molecule has 2 nitrogen and oxygen atoms in total. The van der Waals surface area contributed by atoms with Gasteiger partial charge in [0.2, 0.25) is 0 Å². The molecule has 0 saturated carbocycles. The molecule has 0 aliphatic heterocycles. The fourth-order valence-electron chi connectivity index (χ4n) is 2.38. The topological polar surface area (TPSA) is 24.9 Å². The second-order valence-corrected chi connectivity index (χ2v) is 6.60. The summed E-state index contributed by atoms with van der Waals surface area (Å²) in [5.74, 6) is 0. The van der Waals surface area contributed by atoms with E-state index in [1.54, 1.807) is 11.3 Å². The molecule has 2 aromatic rings. The third kappa shape index (κ3) is 5.25. The number of hydrogen-bond acceptors (Lipinski definition) is 3. The Morgan fingerprint density at radius 1 is 1.19 bits per heavy atom. The van der Waals surface area contributed by atoms with Crippen LogP contribution in [0.4, 0.5) is 0 Å². The van der Waals surface area contributed by atoms with Gasteiger partial charge in [-0.25, -0.2) is 4.98 Å². The number of benzene rings is 1. The summed E-state index contributed by atoms with van der Waals surface area (Å²) < 4.78 is 0. The van der Waals surface area contributed by atoms with Crippen molar-refractivity contribution in [3.63, 3.8) is 0 Å². The van der Waals surface area contributed by atoms with Crippen LogP contribution in [0.1, 0.15) is 54.6 Å². The van der Waals surface area contributed by atoms with Gasteiger partial charge in [-0.1, -0.05) is 37.6 Å². The molecule has 0 fully saturated rings. The van der Waals surface area contributed by atoms with Gasteiger partial charge in [-0.05, 0) is 37.8 Å². The summed E-state index contributed by atoms with van der Waals surface area (Å²) in [6.45, 7) is 7.50. The molecule has 0 radical (unpaired) electrons. The molecule has 1 unspecified atom stereocenters. The van der Waals surface area contributed by atoms with E-state index in [2.05, 4.69) is 60.7 Å². The van der Waals surface area contributed by atoms with E-state index >= 15 is 0 Å². The third-order valence-corrected chi connectivity index (χ3v) is 4.78. The normalized spacial score (nSPS) is 12.5. The number of unbranched alkanes of at least 4 members (excludes halogenated alkanes) is 1. The van der Waals surface area contributed by atoms with E-state index in [0.717, 1.165) is 18.7 Å². The first-order chi connectivity index (χ1) is 10.2. The van der Waals surface area contributed by atoms with Crippen molar-refractivity contribution in [3.05, 3.63) is 51.5 Å². The summed E-state index contributed by atoms with van der Waals surface area (Å²) in [4.78, 5) is 4.50. The highest BCUT2D eigenvalue weighted by atomic mass is 32.1. The minimum Gasteiger partial charge on any atom is -0.310 e. The molecule has 1 heterocycles. The van der Waals surface area contributed by atoms with Gasteiger partial charge in [0, 0.05) is 30.1 Å². The minimum absolute atomic E-state index is 0.395. The first-order valence-corrected chi connectivity index (χ1v) is 8.80. The van der Waals surface area contributed by atoms with Crippen molar-refractivity contribution in [1.29, 1.82) is 0 Å². The lowest BCUT2D eigenvalue weighted by atomic mass is 10.0. The first-order valence-electron chi connectivity index (χ1n) is 7.92. The molecular formula is C18H26N2S. The quantitative estimate of drug-likeness (QED) is 0.765. The lowest BCUT2D eigenvalue weighted by molar-refractivity contribution is 0.576. The van der Waals surface area contributed by atoms with Gasteiger partial charge in [0.05, 0.1) is 5.01 Å². The van der Waals surface area contributed by atoms with E-state index in [1.807, 2.05) is 0 Å². The lowest BCUT2D eigenvalue weighted by Gasteiger charge is -2.14. The summed E-state index contributed by atoms with van der Waals surface area (Å²) in [6.07, 6.45) is 4.75. The van der Waals surface area contributed by atoms with Gasteiger partial charge in [-0.15, -0.1) is 11.3 Å². The average Bonchev–Trinajstić information content (AvgIpc) is 2.91. The predicted octanol–water partition coefficient (Wildman–Crippen LogP) is 4.69. The Morgan fingerprint density at radius 2 is 1.95 bits per heavy atom. The monoisotopic (exact) mass is 302 g/mol. The molecule has 0 aliphatic rings. The molecule has 21 heavy (non-hydrogen) atoms. The Labute approximate surface area is 132 Å². The van der Waals surface area contributed by atoms with Gasteiger partial charge in [0.1, 0.15) is 0 Å². The van der Waals surface area contributed by atoms with E-state index in [4.69, 9.17) is 0 Å². The maximum absolute atomic E-state index is 4.50. The second kappa shape index (κ2) is 8.30. The highest BCUT2D eigenvalue weighted by molar-refractivity contribution is 7.09. The largest absolute Gasteiger partial charge is 0.310 e. The zero-order valence-electron chi connectivity index (χ0n) is 13.4. The van der Waals surface area contributed by atoms with Gasteiger partial charge in [0.25, 0.3) is 0 Å². The highest BCUT2D eigenvalue weighted by Crippen LogP contribution is 2.15. The molecule has 0 spiro atoms. The zero-order valence-corrected chi connectivity index (χ0v) is 14.2. The Hall–Kier alpha value is -1.19. The molecule has 3 heteroatoms. The molecule has 1 N–H and O–H groups in total. The molecule has 0 amide bonds. The second-order valence-electron chi connectivity index (χ2n) is 5.65. The third-order valence-electron chi connectivity index (χ3n) is 3.75. The van der Waals surface area contributed by atoms with Gasteiger partial charge in [-0.3, -0.25) is 0 Å². The molecule has 1 aromatic heterocycles. The smallest absolute Gasteiger partial charge is 0.0940 e. The van der Waals surface area contributed by atoms with Crippen LogP contribution >= 0.6 is 11.3 Å². The summed E-state index contributed by atoms with van der Waals surface area (Å²) in [7, 11) is 0. The molecule has 0 saturated heterocycles. The Kier molecular flexibility index (Phi) is 6.40. The van der Waals surface area contributed by atoms with Crippen LogP contribution in [0.5, 0.6) is 0 Å². The van der Waals surface area contributed by atoms with Crippen LogP contribution < -0.4 is 5.32 Å². The van der Waals surface area contributed by atoms with Crippen LogP contribution in [-0.4, -0.2) is 11.5 Å². The summed E-state index contributed by atoms with van der Waals surface area (Å²) >= 11 is 1.76. The average molecular weight is 302 g/mol. The maximum atomic E-state index is 4.50. The summed E-state index contributed by atoms with van der Waals surface area (Å²) in [5, 5.41) is 6.93. The molecular weight excluding hydrogens is 276 g/mol. The summed E-state index contributed by atoms with van der Waals surface area (Å²) in [5.41, 5.74) is 3.95. The number of nitrogens with zero attached hydrogens (tertiary/aromatic N) is 1. The Balaban J connectivity index is 1.78. The summed E-state index contributed by atoms with van der Waals surface area (Å²) in [6, 6.07) is 9.46. The Morgan fingerprint density at radius 3 is 2.57 bits per heavy atom. The van der Waals surface area contributed by atoms with Crippen LogP contribution in [0.2, 0.25) is 0 Å². The van der Waals surface area contributed by atoms with Crippen LogP contribution in [0, 0.1) is 6.92 Å². The number of aromatic nitrogens is 1. The van der Waals surface area contributed by atoms with Crippen molar-refractivity contribution in [2.45, 2.75) is 52.5 Å². The zero-order chi connectivity index (χ0) is 15.1. The molecule has 0 aliphatic carbocycles. The van der Waals surface area contributed by atoms with E-state index in [9.17, 15) is 0 Å².